The molecule has 0 aromatic heterocycles. The van der Waals surface area contributed by atoms with Crippen LogP contribution in [0.3, 0.4) is 0 Å². The standard InChI is InChI=1S/C44H86O12S/c1-3-5-7-9-11-13-15-17-18-19-20-22-24-26-28-30-32-34-52-36-38(37-53-44-42(48)43(56-57(49,50)51)41(47)39(35-45)55-44)54-40(46)33-31-29-27-25-23-21-16-14-12-10-8-6-4-2/h38-39,41-45,47-48H,3-37H2,1-2H3,(H,49,50,51). The van der Waals surface area contributed by atoms with Crippen molar-refractivity contribution in [3.8, 4) is 0 Å². The highest BCUT2D eigenvalue weighted by Crippen LogP contribution is 2.26. The fraction of sp³-hybridized carbons (Fsp3) is 0.977. The lowest BCUT2D eigenvalue weighted by Gasteiger charge is -2.41. The van der Waals surface area contributed by atoms with Gasteiger partial charge in [-0.25, -0.2) is 4.18 Å². The van der Waals surface area contributed by atoms with Crippen molar-refractivity contribution in [2.24, 2.45) is 0 Å². The van der Waals surface area contributed by atoms with Crippen molar-refractivity contribution in [3.05, 3.63) is 0 Å². The van der Waals surface area contributed by atoms with Crippen molar-refractivity contribution < 1.29 is 56.2 Å². The van der Waals surface area contributed by atoms with Crippen LogP contribution in [-0.2, 0) is 38.3 Å². The molecule has 6 unspecified atom stereocenters. The Morgan fingerprint density at radius 2 is 1.00 bits per heavy atom. The zero-order valence-corrected chi connectivity index (χ0v) is 37.0. The highest BCUT2D eigenvalue weighted by Gasteiger charge is 2.48. The van der Waals surface area contributed by atoms with Crippen LogP contribution in [0.15, 0.2) is 0 Å². The second-order valence-corrected chi connectivity index (χ2v) is 17.4. The van der Waals surface area contributed by atoms with Gasteiger partial charge >= 0.3 is 16.4 Å². The minimum atomic E-state index is -5.05. The van der Waals surface area contributed by atoms with E-state index in [1.54, 1.807) is 0 Å². The first-order chi connectivity index (χ1) is 27.6. The highest BCUT2D eigenvalue weighted by molar-refractivity contribution is 7.80. The molecule has 0 spiro atoms. The molecule has 12 nitrogen and oxygen atoms in total. The Morgan fingerprint density at radius 3 is 1.40 bits per heavy atom. The van der Waals surface area contributed by atoms with Crippen molar-refractivity contribution >= 4 is 16.4 Å². The molecule has 1 heterocycles. The molecule has 1 saturated heterocycles. The van der Waals surface area contributed by atoms with Gasteiger partial charge in [-0.05, 0) is 12.8 Å². The molecule has 0 aromatic carbocycles. The fourth-order valence-corrected chi connectivity index (χ4v) is 7.95. The summed E-state index contributed by atoms with van der Waals surface area (Å²) in [6.07, 6.45) is 28.5. The summed E-state index contributed by atoms with van der Waals surface area (Å²) in [5.74, 6) is -0.394. The maximum absolute atomic E-state index is 12.8. The first-order valence-corrected chi connectivity index (χ1v) is 24.7. The van der Waals surface area contributed by atoms with Crippen molar-refractivity contribution in [3.63, 3.8) is 0 Å². The molecule has 0 bridgehead atoms. The molecule has 6 atom stereocenters. The van der Waals surface area contributed by atoms with Crippen LogP contribution in [0.5, 0.6) is 0 Å². The van der Waals surface area contributed by atoms with E-state index in [1.165, 1.54) is 148 Å². The maximum atomic E-state index is 12.8. The summed E-state index contributed by atoms with van der Waals surface area (Å²) in [7, 11) is -5.05. The predicted molar refractivity (Wildman–Crippen MR) is 225 cm³/mol. The van der Waals surface area contributed by atoms with Gasteiger partial charge in [0.05, 0.1) is 19.8 Å². The quantitative estimate of drug-likeness (QED) is 0.0261. The minimum Gasteiger partial charge on any atom is -0.457 e. The van der Waals surface area contributed by atoms with Gasteiger partial charge in [0, 0.05) is 13.0 Å². The van der Waals surface area contributed by atoms with E-state index in [2.05, 4.69) is 18.0 Å². The van der Waals surface area contributed by atoms with E-state index in [0.29, 0.717) is 13.0 Å². The Labute approximate surface area is 347 Å². The Morgan fingerprint density at radius 1 is 0.596 bits per heavy atom. The summed E-state index contributed by atoms with van der Waals surface area (Å²) in [5, 5.41) is 30.6. The molecule has 13 heteroatoms. The number of carbonyl (C=O) groups is 1. The molecule has 0 amide bonds. The van der Waals surface area contributed by atoms with Gasteiger partial charge in [-0.2, -0.15) is 8.42 Å². The third-order valence-corrected chi connectivity index (χ3v) is 11.4. The van der Waals surface area contributed by atoms with Gasteiger partial charge in [-0.15, -0.1) is 0 Å². The van der Waals surface area contributed by atoms with E-state index in [-0.39, 0.29) is 19.6 Å². The lowest BCUT2D eigenvalue weighted by Crippen LogP contribution is -2.60. The topological polar surface area (TPSA) is 178 Å². The normalized spacial score (nSPS) is 20.6. The number of unbranched alkanes of at least 4 members (excludes halogenated alkanes) is 28. The van der Waals surface area contributed by atoms with Gasteiger partial charge < -0.3 is 34.3 Å². The van der Waals surface area contributed by atoms with Gasteiger partial charge in [-0.3, -0.25) is 9.35 Å². The van der Waals surface area contributed by atoms with E-state index >= 15 is 0 Å². The fourth-order valence-electron chi connectivity index (χ4n) is 7.44. The van der Waals surface area contributed by atoms with Crippen LogP contribution in [0.1, 0.15) is 213 Å². The van der Waals surface area contributed by atoms with Crippen LogP contribution in [0.2, 0.25) is 0 Å². The molecule has 0 saturated carbocycles. The zero-order valence-electron chi connectivity index (χ0n) is 36.2. The van der Waals surface area contributed by atoms with Crippen LogP contribution >= 0.6 is 0 Å². The molecule has 57 heavy (non-hydrogen) atoms. The Kier molecular flexibility index (Phi) is 35.0. The van der Waals surface area contributed by atoms with Crippen molar-refractivity contribution in [2.75, 3.05) is 26.4 Å². The monoisotopic (exact) mass is 839 g/mol. The van der Waals surface area contributed by atoms with E-state index in [0.717, 1.165) is 38.5 Å². The first-order valence-electron chi connectivity index (χ1n) is 23.3. The number of esters is 1. The maximum Gasteiger partial charge on any atom is 0.397 e. The molecule has 4 N–H and O–H groups in total. The van der Waals surface area contributed by atoms with Crippen LogP contribution in [0.4, 0.5) is 0 Å². The van der Waals surface area contributed by atoms with Crippen LogP contribution < -0.4 is 0 Å². The third kappa shape index (κ3) is 30.7. The molecule has 1 rings (SSSR count). The van der Waals surface area contributed by atoms with Gasteiger partial charge in [-0.1, -0.05) is 194 Å². The highest BCUT2D eigenvalue weighted by atomic mass is 32.3. The number of carbonyl (C=O) groups excluding carboxylic acids is 1. The van der Waals surface area contributed by atoms with Crippen LogP contribution in [0.25, 0.3) is 0 Å². The number of ether oxygens (including phenoxy) is 4. The van der Waals surface area contributed by atoms with Crippen LogP contribution in [-0.4, -0.2) is 97.5 Å². The second kappa shape index (κ2) is 36.9. The summed E-state index contributed by atoms with van der Waals surface area (Å²) in [6, 6.07) is 0. The summed E-state index contributed by atoms with van der Waals surface area (Å²) in [5.41, 5.74) is 0. The number of hydrogen-bond donors (Lipinski definition) is 4. The first kappa shape index (κ1) is 54.1. The molecule has 0 aromatic rings. The number of aliphatic hydroxyl groups is 3. The smallest absolute Gasteiger partial charge is 0.397 e. The minimum absolute atomic E-state index is 0.0447. The molecule has 0 radical (unpaired) electrons. The summed E-state index contributed by atoms with van der Waals surface area (Å²) in [4.78, 5) is 12.8. The summed E-state index contributed by atoms with van der Waals surface area (Å²) < 4.78 is 59.1. The van der Waals surface area contributed by atoms with E-state index < -0.39 is 59.8 Å². The molecule has 1 aliphatic rings. The van der Waals surface area contributed by atoms with Gasteiger partial charge in [0.2, 0.25) is 0 Å². The Bertz CT molecular complexity index is 1020. The van der Waals surface area contributed by atoms with Gasteiger partial charge in [0.1, 0.15) is 30.5 Å². The van der Waals surface area contributed by atoms with Crippen molar-refractivity contribution in [2.45, 2.75) is 250 Å². The van der Waals surface area contributed by atoms with E-state index in [1.807, 2.05) is 0 Å². The Balaban J connectivity index is 2.39. The second-order valence-electron chi connectivity index (χ2n) is 16.4. The lowest BCUT2D eigenvalue weighted by atomic mass is 9.99. The zero-order chi connectivity index (χ0) is 41.8. The molecular weight excluding hydrogens is 753 g/mol. The average Bonchev–Trinajstić information content (AvgIpc) is 3.18. The van der Waals surface area contributed by atoms with Crippen molar-refractivity contribution in [1.82, 2.24) is 0 Å². The van der Waals surface area contributed by atoms with Gasteiger partial charge in [0.25, 0.3) is 0 Å². The average molecular weight is 839 g/mol. The summed E-state index contributed by atoms with van der Waals surface area (Å²) in [6.45, 7) is 4.03. The molecule has 340 valence electrons. The number of rotatable bonds is 41. The molecule has 0 aliphatic carbocycles. The molecule has 1 fully saturated rings. The summed E-state index contributed by atoms with van der Waals surface area (Å²) >= 11 is 0. The SMILES string of the molecule is CCCCCCCCCCCCCCCCCCCOCC(COC1OC(CO)C(O)C(OS(=O)(=O)O)C1O)OC(=O)CCCCCCCCCCCCCCC. The Hall–Kier alpha value is -0.900. The molecule has 1 aliphatic heterocycles. The largest absolute Gasteiger partial charge is 0.457 e. The van der Waals surface area contributed by atoms with E-state index in [4.69, 9.17) is 23.5 Å². The molecular formula is C44H86O12S. The lowest BCUT2D eigenvalue weighted by molar-refractivity contribution is -0.301. The predicted octanol–water partition coefficient (Wildman–Crippen LogP) is 9.69. The number of hydrogen-bond acceptors (Lipinski definition) is 11. The van der Waals surface area contributed by atoms with Gasteiger partial charge in [0.15, 0.2) is 6.29 Å². The van der Waals surface area contributed by atoms with Crippen molar-refractivity contribution in [1.29, 1.82) is 0 Å². The van der Waals surface area contributed by atoms with E-state index in [9.17, 15) is 28.5 Å². The number of aliphatic hydroxyl groups excluding tert-OH is 3. The third-order valence-electron chi connectivity index (χ3n) is 11.0. The van der Waals surface area contributed by atoms with Crippen LogP contribution in [0, 0.1) is 0 Å².